The molecule has 1 aliphatic heterocycles. The molecule has 0 radical (unpaired) electrons. The van der Waals surface area contributed by atoms with Crippen LogP contribution in [0.3, 0.4) is 0 Å². The summed E-state index contributed by atoms with van der Waals surface area (Å²) >= 11 is 0. The lowest BCUT2D eigenvalue weighted by Gasteiger charge is -2.33. The van der Waals surface area contributed by atoms with Crippen LogP contribution in [0.15, 0.2) is 4.99 Å². The van der Waals surface area contributed by atoms with Crippen molar-refractivity contribution in [1.82, 2.24) is 15.1 Å². The normalized spacial score (nSPS) is 22.1. The predicted molar refractivity (Wildman–Crippen MR) is 81.8 cm³/mol. The maximum absolute atomic E-state index is 11.7. The van der Waals surface area contributed by atoms with Crippen LogP contribution in [0.2, 0.25) is 0 Å². The number of rotatable bonds is 2. The molecule has 1 amide bonds. The number of guanidine groups is 1. The van der Waals surface area contributed by atoms with Crippen molar-refractivity contribution in [3.05, 3.63) is 0 Å². The Kier molecular flexibility index (Phi) is 4.89. The third-order valence-electron chi connectivity index (χ3n) is 4.76. The maximum Gasteiger partial charge on any atom is 0.241 e. The van der Waals surface area contributed by atoms with Crippen molar-refractivity contribution in [2.75, 3.05) is 40.8 Å². The zero-order chi connectivity index (χ0) is 14.6. The maximum atomic E-state index is 11.7. The molecular formula is C15H28N4O. The Morgan fingerprint density at radius 3 is 2.55 bits per heavy atom. The highest BCUT2D eigenvalue weighted by Gasteiger charge is 2.39. The quantitative estimate of drug-likeness (QED) is 0.613. The van der Waals surface area contributed by atoms with E-state index in [1.54, 1.807) is 26.0 Å². The van der Waals surface area contributed by atoms with Gasteiger partial charge in [0.05, 0.1) is 6.54 Å². The fourth-order valence-corrected chi connectivity index (χ4v) is 3.47. The molecule has 0 aromatic heterocycles. The van der Waals surface area contributed by atoms with Crippen LogP contribution in [0, 0.1) is 5.41 Å². The number of carbonyl (C=O) groups excluding carboxylic acids is 1. The number of hydrogen-bond acceptors (Lipinski definition) is 2. The molecule has 20 heavy (non-hydrogen) atoms. The standard InChI is InChI=1S/C15H28N4O/c1-16-14(17-11-13(20)18(2)3)19-10-9-15(12-19)7-5-4-6-8-15/h4-12H2,1-3H3,(H,16,17). The van der Waals surface area contributed by atoms with Crippen LogP contribution in [0.1, 0.15) is 38.5 Å². The van der Waals surface area contributed by atoms with Crippen molar-refractivity contribution in [1.29, 1.82) is 0 Å². The Labute approximate surface area is 122 Å². The molecule has 0 atom stereocenters. The molecule has 2 rings (SSSR count). The van der Waals surface area contributed by atoms with Gasteiger partial charge in [0.2, 0.25) is 5.91 Å². The molecule has 0 aromatic rings. The Bertz CT molecular complexity index is 372. The van der Waals surface area contributed by atoms with E-state index in [0.29, 0.717) is 12.0 Å². The first-order chi connectivity index (χ1) is 9.56. The number of nitrogens with one attached hydrogen (secondary N) is 1. The summed E-state index contributed by atoms with van der Waals surface area (Å²) in [5.41, 5.74) is 0.515. The van der Waals surface area contributed by atoms with Crippen LogP contribution in [-0.4, -0.2) is 62.4 Å². The van der Waals surface area contributed by atoms with Crippen molar-refractivity contribution in [3.8, 4) is 0 Å². The minimum atomic E-state index is 0.0812. The Morgan fingerprint density at radius 1 is 1.25 bits per heavy atom. The lowest BCUT2D eigenvalue weighted by Crippen LogP contribution is -2.45. The van der Waals surface area contributed by atoms with E-state index in [2.05, 4.69) is 15.2 Å². The van der Waals surface area contributed by atoms with Crippen molar-refractivity contribution in [2.24, 2.45) is 10.4 Å². The van der Waals surface area contributed by atoms with Crippen LogP contribution in [0.5, 0.6) is 0 Å². The second-order valence-corrected chi connectivity index (χ2v) is 6.42. The predicted octanol–water partition coefficient (Wildman–Crippen LogP) is 1.31. The van der Waals surface area contributed by atoms with Gasteiger partial charge in [-0.1, -0.05) is 19.3 Å². The van der Waals surface area contributed by atoms with Crippen molar-refractivity contribution in [2.45, 2.75) is 38.5 Å². The summed E-state index contributed by atoms with van der Waals surface area (Å²) in [4.78, 5) is 19.9. The minimum Gasteiger partial charge on any atom is -0.347 e. The van der Waals surface area contributed by atoms with Crippen molar-refractivity contribution >= 4 is 11.9 Å². The molecule has 1 heterocycles. The van der Waals surface area contributed by atoms with Crippen LogP contribution >= 0.6 is 0 Å². The van der Waals surface area contributed by atoms with Crippen LogP contribution in [0.4, 0.5) is 0 Å². The van der Waals surface area contributed by atoms with E-state index in [-0.39, 0.29) is 5.91 Å². The third-order valence-corrected chi connectivity index (χ3v) is 4.76. The smallest absolute Gasteiger partial charge is 0.241 e. The van der Waals surface area contributed by atoms with Gasteiger partial charge in [0, 0.05) is 34.2 Å². The van der Waals surface area contributed by atoms with E-state index in [4.69, 9.17) is 0 Å². The van der Waals surface area contributed by atoms with Crippen molar-refractivity contribution < 1.29 is 4.79 Å². The van der Waals surface area contributed by atoms with Gasteiger partial charge >= 0.3 is 0 Å². The Balaban J connectivity index is 1.88. The number of amides is 1. The number of likely N-dealkylation sites (tertiary alicyclic amines) is 1. The van der Waals surface area contributed by atoms with E-state index in [9.17, 15) is 4.79 Å². The fraction of sp³-hybridized carbons (Fsp3) is 0.867. The fourth-order valence-electron chi connectivity index (χ4n) is 3.47. The van der Waals surface area contributed by atoms with Gasteiger partial charge in [0.15, 0.2) is 5.96 Å². The van der Waals surface area contributed by atoms with E-state index >= 15 is 0 Å². The molecule has 1 aliphatic carbocycles. The molecule has 0 aromatic carbocycles. The first-order valence-corrected chi connectivity index (χ1v) is 7.72. The van der Waals surface area contributed by atoms with Crippen LogP contribution < -0.4 is 5.32 Å². The summed E-state index contributed by atoms with van der Waals surface area (Å²) < 4.78 is 0. The summed E-state index contributed by atoms with van der Waals surface area (Å²) in [6, 6.07) is 0. The van der Waals surface area contributed by atoms with Gasteiger partial charge in [-0.05, 0) is 24.7 Å². The first-order valence-electron chi connectivity index (χ1n) is 7.72. The lowest BCUT2D eigenvalue weighted by atomic mass is 9.73. The summed E-state index contributed by atoms with van der Waals surface area (Å²) in [5, 5.41) is 3.20. The highest BCUT2D eigenvalue weighted by molar-refractivity contribution is 5.86. The summed E-state index contributed by atoms with van der Waals surface area (Å²) in [6.45, 7) is 2.49. The Morgan fingerprint density at radius 2 is 1.95 bits per heavy atom. The van der Waals surface area contributed by atoms with E-state index in [1.165, 1.54) is 38.5 Å². The van der Waals surface area contributed by atoms with Gasteiger partial charge in [0.1, 0.15) is 0 Å². The van der Waals surface area contributed by atoms with Gasteiger partial charge in [-0.25, -0.2) is 0 Å². The third kappa shape index (κ3) is 3.44. The molecule has 1 saturated heterocycles. The molecule has 2 fully saturated rings. The van der Waals surface area contributed by atoms with Gasteiger partial charge in [-0.15, -0.1) is 0 Å². The number of likely N-dealkylation sites (N-methyl/N-ethyl adjacent to an activating group) is 1. The molecule has 5 heteroatoms. The van der Waals surface area contributed by atoms with Crippen LogP contribution in [-0.2, 0) is 4.79 Å². The summed E-state index contributed by atoms with van der Waals surface area (Å²) in [6.07, 6.45) is 8.13. The average molecular weight is 280 g/mol. The molecule has 2 aliphatic rings. The number of carbonyl (C=O) groups is 1. The van der Waals surface area contributed by atoms with E-state index in [1.807, 2.05) is 0 Å². The lowest BCUT2D eigenvalue weighted by molar-refractivity contribution is -0.127. The van der Waals surface area contributed by atoms with Gasteiger partial charge < -0.3 is 15.1 Å². The summed E-state index contributed by atoms with van der Waals surface area (Å²) in [7, 11) is 5.35. The number of aliphatic imine (C=N–C) groups is 1. The second-order valence-electron chi connectivity index (χ2n) is 6.42. The van der Waals surface area contributed by atoms with E-state index in [0.717, 1.165) is 19.0 Å². The van der Waals surface area contributed by atoms with Gasteiger partial charge in [0.25, 0.3) is 0 Å². The molecule has 114 valence electrons. The average Bonchev–Trinajstić information content (AvgIpc) is 2.83. The molecule has 5 nitrogen and oxygen atoms in total. The molecule has 0 bridgehead atoms. The molecule has 1 saturated carbocycles. The highest BCUT2D eigenvalue weighted by atomic mass is 16.2. The molecule has 0 unspecified atom stereocenters. The van der Waals surface area contributed by atoms with E-state index < -0.39 is 0 Å². The minimum absolute atomic E-state index is 0.0812. The van der Waals surface area contributed by atoms with Gasteiger partial charge in [-0.2, -0.15) is 0 Å². The van der Waals surface area contributed by atoms with Gasteiger partial charge in [-0.3, -0.25) is 9.79 Å². The summed E-state index contributed by atoms with van der Waals surface area (Å²) in [5.74, 6) is 0.959. The molecular weight excluding hydrogens is 252 g/mol. The van der Waals surface area contributed by atoms with Crippen LogP contribution in [0.25, 0.3) is 0 Å². The molecule has 1 N–H and O–H groups in total. The highest BCUT2D eigenvalue weighted by Crippen LogP contribution is 2.43. The van der Waals surface area contributed by atoms with Crippen molar-refractivity contribution in [3.63, 3.8) is 0 Å². The largest absolute Gasteiger partial charge is 0.347 e. The monoisotopic (exact) mass is 280 g/mol. The SMILES string of the molecule is CN=C(NCC(=O)N(C)C)N1CCC2(CCCCC2)C1. The molecule has 1 spiro atoms. The number of nitrogens with zero attached hydrogens (tertiary/aromatic N) is 3. The zero-order valence-electron chi connectivity index (χ0n) is 13.1. The Hall–Kier alpha value is -1.26. The zero-order valence-corrected chi connectivity index (χ0v) is 13.1. The first kappa shape index (κ1) is 15.1. The topological polar surface area (TPSA) is 47.9 Å². The second kappa shape index (κ2) is 6.46. The number of hydrogen-bond donors (Lipinski definition) is 1.